The Hall–Kier alpha value is -2.93. The number of rotatable bonds is 3. The zero-order valence-electron chi connectivity index (χ0n) is 11.3. The summed E-state index contributed by atoms with van der Waals surface area (Å²) in [6.07, 6.45) is 0. The number of aromatic carboxylic acids is 1. The number of carboxylic acid groups (broad SMARTS) is 1. The predicted molar refractivity (Wildman–Crippen MR) is 79.0 cm³/mol. The Kier molecular flexibility index (Phi) is 5.84. The van der Waals surface area contributed by atoms with Crippen LogP contribution >= 0.6 is 0 Å². The molecule has 21 heavy (non-hydrogen) atoms. The van der Waals surface area contributed by atoms with E-state index < -0.39 is 10.9 Å². The lowest BCUT2D eigenvalue weighted by Crippen LogP contribution is -2.05. The van der Waals surface area contributed by atoms with E-state index in [2.05, 4.69) is 5.43 Å². The number of nitrogens with two attached hydrogens (primary N) is 1. The summed E-state index contributed by atoms with van der Waals surface area (Å²) < 4.78 is 0. The van der Waals surface area contributed by atoms with Gasteiger partial charge in [0.15, 0.2) is 0 Å². The molecule has 0 saturated heterocycles. The molecule has 0 bridgehead atoms. The van der Waals surface area contributed by atoms with Gasteiger partial charge in [0.2, 0.25) is 0 Å². The van der Waals surface area contributed by atoms with E-state index >= 15 is 0 Å². The van der Waals surface area contributed by atoms with Crippen LogP contribution in [0.15, 0.2) is 48.5 Å². The maximum Gasteiger partial charge on any atom is 0.335 e. The molecule has 2 rings (SSSR count). The zero-order valence-corrected chi connectivity index (χ0v) is 11.3. The quantitative estimate of drug-likeness (QED) is 0.454. The lowest BCUT2D eigenvalue weighted by Gasteiger charge is -1.97. The highest BCUT2D eigenvalue weighted by Crippen LogP contribution is 2.18. The largest absolute Gasteiger partial charge is 0.478 e. The van der Waals surface area contributed by atoms with Crippen LogP contribution in [0.5, 0.6) is 0 Å². The fourth-order valence-corrected chi connectivity index (χ4v) is 1.53. The van der Waals surface area contributed by atoms with Crippen molar-refractivity contribution in [3.05, 3.63) is 69.8 Å². The van der Waals surface area contributed by atoms with E-state index in [-0.39, 0.29) is 11.3 Å². The smallest absolute Gasteiger partial charge is 0.335 e. The number of anilines is 1. The maximum atomic E-state index is 10.5. The number of carbonyl (C=O) groups is 1. The van der Waals surface area contributed by atoms with Crippen molar-refractivity contribution in [3.8, 4) is 0 Å². The summed E-state index contributed by atoms with van der Waals surface area (Å²) in [4.78, 5) is 20.3. The van der Waals surface area contributed by atoms with Crippen LogP contribution in [0.25, 0.3) is 0 Å². The SMILES string of the molecule is Cc1cc(C(=O)O)ccc1[N+](=O)[O-].NNc1ccccc1. The van der Waals surface area contributed by atoms with Gasteiger partial charge in [-0.2, -0.15) is 0 Å². The molecule has 0 aliphatic heterocycles. The summed E-state index contributed by atoms with van der Waals surface area (Å²) in [7, 11) is 0. The molecule has 0 saturated carbocycles. The van der Waals surface area contributed by atoms with Crippen LogP contribution in [0.4, 0.5) is 11.4 Å². The third-order valence-corrected chi connectivity index (χ3v) is 2.58. The minimum atomic E-state index is -1.09. The standard InChI is InChI=1S/C8H7NO4.C6H8N2/c1-5-4-6(8(10)11)2-3-7(5)9(12)13;7-8-6-4-2-1-3-5-6/h2-4H,1H3,(H,10,11);1-5,8H,7H2. The highest BCUT2D eigenvalue weighted by atomic mass is 16.6. The van der Waals surface area contributed by atoms with Gasteiger partial charge in [0.1, 0.15) is 0 Å². The number of hydrogen-bond donors (Lipinski definition) is 3. The highest BCUT2D eigenvalue weighted by Gasteiger charge is 2.12. The molecule has 0 radical (unpaired) electrons. The second-order valence-corrected chi connectivity index (χ2v) is 4.07. The molecule has 0 spiro atoms. The predicted octanol–water partition coefficient (Wildman–Crippen LogP) is 2.57. The Morgan fingerprint density at radius 3 is 2.24 bits per heavy atom. The Morgan fingerprint density at radius 2 is 1.86 bits per heavy atom. The van der Waals surface area contributed by atoms with Crippen LogP contribution in [0.1, 0.15) is 15.9 Å². The van der Waals surface area contributed by atoms with E-state index in [1.54, 1.807) is 0 Å². The molecular formula is C14H15N3O4. The lowest BCUT2D eigenvalue weighted by atomic mass is 10.1. The number of benzene rings is 2. The number of nitrogens with one attached hydrogen (secondary N) is 1. The van der Waals surface area contributed by atoms with Crippen LogP contribution < -0.4 is 11.3 Å². The average Bonchev–Trinajstić information content (AvgIpc) is 2.48. The molecular weight excluding hydrogens is 274 g/mol. The van der Waals surface area contributed by atoms with E-state index in [0.29, 0.717) is 5.56 Å². The van der Waals surface area contributed by atoms with E-state index in [1.165, 1.54) is 25.1 Å². The van der Waals surface area contributed by atoms with Crippen LogP contribution in [0.3, 0.4) is 0 Å². The lowest BCUT2D eigenvalue weighted by molar-refractivity contribution is -0.385. The van der Waals surface area contributed by atoms with E-state index in [4.69, 9.17) is 10.9 Å². The fraction of sp³-hybridized carbons (Fsp3) is 0.0714. The number of nitro benzene ring substituents is 1. The van der Waals surface area contributed by atoms with Gasteiger partial charge >= 0.3 is 5.97 Å². The first kappa shape index (κ1) is 16.1. The molecule has 0 aliphatic carbocycles. The summed E-state index contributed by atoms with van der Waals surface area (Å²) in [5, 5.41) is 18.9. The van der Waals surface area contributed by atoms with Crippen LogP contribution in [0, 0.1) is 17.0 Å². The topological polar surface area (TPSA) is 118 Å². The molecule has 2 aromatic carbocycles. The molecule has 0 aromatic heterocycles. The van der Waals surface area contributed by atoms with Crippen LogP contribution in [-0.4, -0.2) is 16.0 Å². The fourth-order valence-electron chi connectivity index (χ4n) is 1.53. The normalized spacial score (nSPS) is 9.24. The summed E-state index contributed by atoms with van der Waals surface area (Å²) in [6.45, 7) is 1.50. The number of carboxylic acids is 1. The first-order valence-electron chi connectivity index (χ1n) is 5.95. The minimum absolute atomic E-state index is 0.0584. The molecule has 0 fully saturated rings. The number of aryl methyl sites for hydroxylation is 1. The van der Waals surface area contributed by atoms with Gasteiger partial charge in [-0.05, 0) is 31.2 Å². The maximum absolute atomic E-state index is 10.5. The molecule has 2 aromatic rings. The second kappa shape index (κ2) is 7.61. The van der Waals surface area contributed by atoms with Crippen molar-refractivity contribution in [1.29, 1.82) is 0 Å². The molecule has 0 atom stereocenters. The van der Waals surface area contributed by atoms with Gasteiger partial charge in [0.25, 0.3) is 5.69 Å². The molecule has 4 N–H and O–H groups in total. The summed E-state index contributed by atoms with van der Waals surface area (Å²) in [5.74, 6) is 4.01. The third-order valence-electron chi connectivity index (χ3n) is 2.58. The van der Waals surface area contributed by atoms with Gasteiger partial charge in [0.05, 0.1) is 10.5 Å². The van der Waals surface area contributed by atoms with E-state index in [9.17, 15) is 14.9 Å². The number of hydrogen-bond acceptors (Lipinski definition) is 5. The minimum Gasteiger partial charge on any atom is -0.478 e. The molecule has 7 nitrogen and oxygen atoms in total. The first-order chi connectivity index (χ1) is 9.95. The average molecular weight is 289 g/mol. The summed E-state index contributed by atoms with van der Waals surface area (Å²) in [5.41, 5.74) is 3.81. The molecule has 0 aliphatic rings. The summed E-state index contributed by atoms with van der Waals surface area (Å²) in [6, 6.07) is 13.3. The number of nitro groups is 1. The number of para-hydroxylation sites is 1. The van der Waals surface area contributed by atoms with Crippen molar-refractivity contribution >= 4 is 17.3 Å². The van der Waals surface area contributed by atoms with Crippen molar-refractivity contribution in [1.82, 2.24) is 0 Å². The Morgan fingerprint density at radius 1 is 1.24 bits per heavy atom. The zero-order chi connectivity index (χ0) is 15.8. The van der Waals surface area contributed by atoms with Crippen molar-refractivity contribution in [2.45, 2.75) is 6.92 Å². The molecule has 0 heterocycles. The van der Waals surface area contributed by atoms with Gasteiger partial charge in [-0.25, -0.2) is 4.79 Å². The van der Waals surface area contributed by atoms with Gasteiger partial charge in [-0.3, -0.25) is 16.0 Å². The molecule has 7 heteroatoms. The number of nitrogen functional groups attached to an aromatic ring is 1. The Labute approximate surface area is 121 Å². The van der Waals surface area contributed by atoms with Crippen molar-refractivity contribution in [2.75, 3.05) is 5.43 Å². The van der Waals surface area contributed by atoms with Crippen molar-refractivity contribution in [3.63, 3.8) is 0 Å². The molecule has 0 amide bonds. The van der Waals surface area contributed by atoms with Gasteiger partial charge in [0, 0.05) is 17.3 Å². The molecule has 0 unspecified atom stereocenters. The van der Waals surface area contributed by atoms with Gasteiger partial charge in [-0.1, -0.05) is 18.2 Å². The first-order valence-corrected chi connectivity index (χ1v) is 5.95. The monoisotopic (exact) mass is 289 g/mol. The van der Waals surface area contributed by atoms with Crippen LogP contribution in [0.2, 0.25) is 0 Å². The van der Waals surface area contributed by atoms with E-state index in [0.717, 1.165) is 5.69 Å². The third kappa shape index (κ3) is 4.92. The van der Waals surface area contributed by atoms with Crippen molar-refractivity contribution in [2.24, 2.45) is 5.84 Å². The van der Waals surface area contributed by atoms with Crippen molar-refractivity contribution < 1.29 is 14.8 Å². The van der Waals surface area contributed by atoms with Crippen LogP contribution in [-0.2, 0) is 0 Å². The second-order valence-electron chi connectivity index (χ2n) is 4.07. The Bertz CT molecular complexity index is 629. The molecule has 110 valence electrons. The highest BCUT2D eigenvalue weighted by molar-refractivity contribution is 5.88. The Balaban J connectivity index is 0.000000235. The van der Waals surface area contributed by atoms with Gasteiger partial charge in [-0.15, -0.1) is 0 Å². The number of nitrogens with zero attached hydrogens (tertiary/aromatic N) is 1. The summed E-state index contributed by atoms with van der Waals surface area (Å²) >= 11 is 0. The van der Waals surface area contributed by atoms with E-state index in [1.807, 2.05) is 30.3 Å². The number of hydrazine groups is 1. The van der Waals surface area contributed by atoms with Gasteiger partial charge < -0.3 is 10.5 Å².